The van der Waals surface area contributed by atoms with Gasteiger partial charge in [-0.15, -0.1) is 0 Å². The Bertz CT molecular complexity index is 1160. The van der Waals surface area contributed by atoms with Crippen LogP contribution in [0.5, 0.6) is 0 Å². The number of carbonyl (C=O) groups is 1. The monoisotopic (exact) mass is 413 g/mol. The first kappa shape index (κ1) is 16.0. The molecule has 4 aromatic rings. The Morgan fingerprint density at radius 3 is 2.72 bits per heavy atom. The van der Waals surface area contributed by atoms with Crippen LogP contribution in [0.1, 0.15) is 21.1 Å². The van der Waals surface area contributed by atoms with Gasteiger partial charge in [-0.3, -0.25) is 10.2 Å². The summed E-state index contributed by atoms with van der Waals surface area (Å²) in [5, 5.41) is 13.5. The van der Waals surface area contributed by atoms with Crippen LogP contribution >= 0.6 is 27.3 Å². The molecule has 0 unspecified atom stereocenters. The topological polar surface area (TPSA) is 71.9 Å². The molecule has 2 aromatic heterocycles. The molecule has 25 heavy (non-hydrogen) atoms. The molecule has 0 aliphatic rings. The summed E-state index contributed by atoms with van der Waals surface area (Å²) >= 11 is 4.43. The third-order valence-corrected chi connectivity index (χ3v) is 5.07. The summed E-state index contributed by atoms with van der Waals surface area (Å²) in [7, 11) is 0. The molecule has 5 nitrogen and oxygen atoms in total. The summed E-state index contributed by atoms with van der Waals surface area (Å²) in [6.07, 6.45) is 0. The van der Waals surface area contributed by atoms with Crippen LogP contribution in [0.4, 0.5) is 0 Å². The molecule has 4 rings (SSSR count). The first-order valence-electron chi connectivity index (χ1n) is 7.47. The van der Waals surface area contributed by atoms with Crippen LogP contribution in [0.25, 0.3) is 16.7 Å². The molecule has 0 aliphatic heterocycles. The highest BCUT2D eigenvalue weighted by molar-refractivity contribution is 9.10. The summed E-state index contributed by atoms with van der Waals surface area (Å²) < 4.78 is 8.01. The fourth-order valence-corrected chi connectivity index (χ4v) is 3.59. The molecule has 0 saturated carbocycles. The molecule has 2 aromatic carbocycles. The Balaban J connectivity index is 1.73. The molecule has 0 fully saturated rings. The number of nitrogens with zero attached hydrogens (tertiary/aromatic N) is 2. The van der Waals surface area contributed by atoms with Gasteiger partial charge >= 0.3 is 0 Å². The van der Waals surface area contributed by atoms with Crippen molar-refractivity contribution in [1.29, 1.82) is 5.41 Å². The van der Waals surface area contributed by atoms with Crippen LogP contribution in [0, 0.1) is 12.3 Å². The third-order valence-electron chi connectivity index (χ3n) is 3.75. The van der Waals surface area contributed by atoms with Crippen LogP contribution in [0.3, 0.4) is 0 Å². The van der Waals surface area contributed by atoms with Crippen LogP contribution in [-0.2, 0) is 0 Å². The fourth-order valence-electron chi connectivity index (χ4n) is 2.48. The van der Waals surface area contributed by atoms with Gasteiger partial charge < -0.3 is 4.42 Å². The molecule has 0 atom stereocenters. The first-order valence-corrected chi connectivity index (χ1v) is 9.08. The second-order valence-electron chi connectivity index (χ2n) is 5.58. The van der Waals surface area contributed by atoms with Crippen molar-refractivity contribution in [3.8, 4) is 5.69 Å². The zero-order valence-electron chi connectivity index (χ0n) is 13.1. The Labute approximate surface area is 155 Å². The van der Waals surface area contributed by atoms with Crippen LogP contribution < -0.4 is 4.80 Å². The Morgan fingerprint density at radius 1 is 1.20 bits per heavy atom. The van der Waals surface area contributed by atoms with Crippen molar-refractivity contribution in [2.24, 2.45) is 0 Å². The maximum Gasteiger partial charge on any atom is 0.258 e. The van der Waals surface area contributed by atoms with Gasteiger partial charge in [0.2, 0.25) is 4.80 Å². The number of hydrogen-bond acceptors (Lipinski definition) is 5. The van der Waals surface area contributed by atoms with E-state index in [1.807, 2.05) is 43.3 Å². The Morgan fingerprint density at radius 2 is 1.96 bits per heavy atom. The van der Waals surface area contributed by atoms with Gasteiger partial charge in [-0.1, -0.05) is 45.0 Å². The van der Waals surface area contributed by atoms with Gasteiger partial charge in [0, 0.05) is 9.86 Å². The molecule has 0 aliphatic carbocycles. The highest BCUT2D eigenvalue weighted by Gasteiger charge is 2.20. The Kier molecular flexibility index (Phi) is 3.89. The second kappa shape index (κ2) is 6.09. The summed E-state index contributed by atoms with van der Waals surface area (Å²) in [5.41, 5.74) is 2.51. The second-order valence-corrected chi connectivity index (χ2v) is 7.47. The van der Waals surface area contributed by atoms with E-state index in [1.54, 1.807) is 12.1 Å². The predicted octanol–water partition coefficient (Wildman–Crippen LogP) is 4.46. The highest BCUT2D eigenvalue weighted by atomic mass is 79.9. The van der Waals surface area contributed by atoms with Crippen molar-refractivity contribution in [3.63, 3.8) is 0 Å². The molecule has 0 spiro atoms. The van der Waals surface area contributed by atoms with E-state index in [-0.39, 0.29) is 21.4 Å². The summed E-state index contributed by atoms with van der Waals surface area (Å²) in [5.74, 6) is -0.102. The van der Waals surface area contributed by atoms with E-state index in [0.29, 0.717) is 5.58 Å². The average Bonchev–Trinajstić information content (AvgIpc) is 3.18. The number of furan rings is 1. The number of hydrogen-bond donors (Lipinski definition) is 1. The number of nitrogens with one attached hydrogen (secondary N) is 1. The maximum atomic E-state index is 12.7. The SMILES string of the molecule is Cc1ccc(-n2nc(C(=O)c3cc4cc(Br)ccc4o3)sc2=N)cc1. The molecule has 0 bridgehead atoms. The van der Waals surface area contributed by atoms with E-state index in [1.165, 1.54) is 4.68 Å². The molecule has 7 heteroatoms. The van der Waals surface area contributed by atoms with E-state index >= 15 is 0 Å². The van der Waals surface area contributed by atoms with Crippen LogP contribution in [-0.4, -0.2) is 15.6 Å². The van der Waals surface area contributed by atoms with E-state index in [0.717, 1.165) is 32.4 Å². The minimum absolute atomic E-state index is 0.186. The van der Waals surface area contributed by atoms with E-state index in [2.05, 4.69) is 21.0 Å². The number of aryl methyl sites for hydroxylation is 1. The summed E-state index contributed by atoms with van der Waals surface area (Å²) in [6.45, 7) is 1.99. The molecule has 1 N–H and O–H groups in total. The number of fused-ring (bicyclic) bond motifs is 1. The first-order chi connectivity index (χ1) is 12.0. The van der Waals surface area contributed by atoms with Crippen molar-refractivity contribution < 1.29 is 9.21 Å². The largest absolute Gasteiger partial charge is 0.452 e. The predicted molar refractivity (Wildman–Crippen MR) is 99.4 cm³/mol. The van der Waals surface area contributed by atoms with Crippen molar-refractivity contribution in [3.05, 3.63) is 74.1 Å². The number of benzene rings is 2. The van der Waals surface area contributed by atoms with Gasteiger partial charge in [0.25, 0.3) is 5.78 Å². The lowest BCUT2D eigenvalue weighted by atomic mass is 10.2. The molecular formula is C18H12BrN3O2S. The van der Waals surface area contributed by atoms with Crippen molar-refractivity contribution in [2.45, 2.75) is 6.92 Å². The minimum Gasteiger partial charge on any atom is -0.452 e. The van der Waals surface area contributed by atoms with E-state index in [4.69, 9.17) is 9.83 Å². The zero-order chi connectivity index (χ0) is 17.6. The van der Waals surface area contributed by atoms with Gasteiger partial charge in [-0.05, 0) is 43.3 Å². The lowest BCUT2D eigenvalue weighted by Crippen LogP contribution is -2.12. The molecule has 124 valence electrons. The van der Waals surface area contributed by atoms with Crippen molar-refractivity contribution in [2.75, 3.05) is 0 Å². The number of carbonyl (C=O) groups excluding carboxylic acids is 1. The number of halogens is 1. The van der Waals surface area contributed by atoms with Gasteiger partial charge in [0.1, 0.15) is 5.58 Å². The fraction of sp³-hybridized carbons (Fsp3) is 0.0556. The zero-order valence-corrected chi connectivity index (χ0v) is 15.5. The normalized spacial score (nSPS) is 11.1. The van der Waals surface area contributed by atoms with Gasteiger partial charge in [-0.25, -0.2) is 4.68 Å². The van der Waals surface area contributed by atoms with Gasteiger partial charge in [0.15, 0.2) is 10.8 Å². The lowest BCUT2D eigenvalue weighted by molar-refractivity contribution is 0.101. The lowest BCUT2D eigenvalue weighted by Gasteiger charge is -2.00. The van der Waals surface area contributed by atoms with E-state index in [9.17, 15) is 4.79 Å². The summed E-state index contributed by atoms with van der Waals surface area (Å²) in [6, 6.07) is 14.9. The molecular weight excluding hydrogens is 402 g/mol. The van der Waals surface area contributed by atoms with Crippen LogP contribution in [0.2, 0.25) is 0 Å². The minimum atomic E-state index is -0.323. The quantitative estimate of drug-likeness (QED) is 0.503. The number of rotatable bonds is 3. The summed E-state index contributed by atoms with van der Waals surface area (Å²) in [4.78, 5) is 12.9. The smallest absolute Gasteiger partial charge is 0.258 e. The maximum absolute atomic E-state index is 12.7. The molecule has 2 heterocycles. The van der Waals surface area contributed by atoms with E-state index < -0.39 is 0 Å². The molecule has 0 saturated heterocycles. The van der Waals surface area contributed by atoms with Gasteiger partial charge in [-0.2, -0.15) is 5.10 Å². The third kappa shape index (κ3) is 2.96. The number of aromatic nitrogens is 2. The molecule has 0 radical (unpaired) electrons. The highest BCUT2D eigenvalue weighted by Crippen LogP contribution is 2.25. The number of ketones is 1. The molecule has 0 amide bonds. The Hall–Kier alpha value is -2.51. The van der Waals surface area contributed by atoms with Gasteiger partial charge in [0.05, 0.1) is 5.69 Å². The average molecular weight is 414 g/mol. The van der Waals surface area contributed by atoms with Crippen molar-refractivity contribution >= 4 is 44.0 Å². The van der Waals surface area contributed by atoms with Crippen LogP contribution in [0.15, 0.2) is 57.4 Å². The van der Waals surface area contributed by atoms with Crippen molar-refractivity contribution in [1.82, 2.24) is 9.78 Å². The standard InChI is InChI=1S/C18H12BrN3O2S/c1-10-2-5-13(6-3-10)22-18(20)25-17(21-22)16(23)15-9-11-8-12(19)4-7-14(11)24-15/h2-9,20H,1H3.